The Labute approximate surface area is 45.1 Å². The van der Waals surface area contributed by atoms with Gasteiger partial charge in [0.2, 0.25) is 0 Å². The first-order valence-electron chi connectivity index (χ1n) is 0.286. The summed E-state index contributed by atoms with van der Waals surface area (Å²) in [5, 5.41) is 0. The van der Waals surface area contributed by atoms with Gasteiger partial charge in [-0.15, -0.1) is 0 Å². The SMILES string of the molecule is O=S.[Cl][Pt]. The second-order valence-corrected chi connectivity index (χ2v) is 0. The van der Waals surface area contributed by atoms with Crippen molar-refractivity contribution in [3.63, 3.8) is 0 Å². The van der Waals surface area contributed by atoms with Gasteiger partial charge >= 0.3 is 28.2 Å². The molecular formula is ClOPtS. The summed E-state index contributed by atoms with van der Waals surface area (Å²) in [6.45, 7) is 0. The van der Waals surface area contributed by atoms with Crippen molar-refractivity contribution in [3.05, 3.63) is 0 Å². The van der Waals surface area contributed by atoms with E-state index in [0.29, 0.717) is 0 Å². The van der Waals surface area contributed by atoms with Crippen LogP contribution in [0, 0.1) is 0 Å². The van der Waals surface area contributed by atoms with Gasteiger partial charge in [-0.1, -0.05) is 0 Å². The van der Waals surface area contributed by atoms with Crippen molar-refractivity contribution in [1.82, 2.24) is 0 Å². The maximum atomic E-state index is 7.83. The summed E-state index contributed by atoms with van der Waals surface area (Å²) in [7, 11) is 4.61. The van der Waals surface area contributed by atoms with E-state index in [0.717, 1.165) is 0 Å². The summed E-state index contributed by atoms with van der Waals surface area (Å²) < 4.78 is 7.83. The Morgan fingerprint density at radius 2 is 1.50 bits per heavy atom. The molecule has 0 aliphatic rings. The monoisotopic (exact) mass is 278 g/mol. The number of hydrogen-bond acceptors (Lipinski definition) is 2. The zero-order chi connectivity index (χ0) is 4.00. The Hall–Kier alpha value is 0.998. The molecule has 0 rings (SSSR count). The molecular weight excluding hydrogens is 279 g/mol. The molecule has 0 saturated carbocycles. The first-order valence-corrected chi connectivity index (χ1v) is 3.44. The second-order valence-electron chi connectivity index (χ2n) is 0. The van der Waals surface area contributed by atoms with Crippen molar-refractivity contribution in [2.75, 3.05) is 0 Å². The molecule has 0 bridgehead atoms. The number of rotatable bonds is 0. The number of hydrogen-bond donors (Lipinski definition) is 0. The molecule has 0 aromatic rings. The fourth-order valence-electron chi connectivity index (χ4n) is 0. The summed E-state index contributed by atoms with van der Waals surface area (Å²) in [5.74, 6) is 0. The Morgan fingerprint density at radius 1 is 1.50 bits per heavy atom. The van der Waals surface area contributed by atoms with Crippen molar-refractivity contribution in [2.45, 2.75) is 0 Å². The van der Waals surface area contributed by atoms with Crippen LogP contribution in [-0.2, 0) is 31.3 Å². The van der Waals surface area contributed by atoms with E-state index in [4.69, 9.17) is 4.21 Å². The van der Waals surface area contributed by atoms with E-state index in [-0.39, 0.29) is 0 Å². The first kappa shape index (κ1) is 8.89. The van der Waals surface area contributed by atoms with Gasteiger partial charge in [0.05, 0.1) is 0 Å². The normalized spacial score (nSPS) is 2.75. The van der Waals surface area contributed by atoms with E-state index in [1.54, 1.807) is 18.8 Å². The van der Waals surface area contributed by atoms with Gasteiger partial charge in [0.1, 0.15) is 0 Å². The van der Waals surface area contributed by atoms with Gasteiger partial charge in [0, 0.05) is 0 Å². The topological polar surface area (TPSA) is 17.1 Å². The zero-order valence-electron chi connectivity index (χ0n) is 1.51. The fourth-order valence-corrected chi connectivity index (χ4v) is 0. The summed E-state index contributed by atoms with van der Waals surface area (Å²) in [5.41, 5.74) is 0. The van der Waals surface area contributed by atoms with Gasteiger partial charge in [-0.05, 0) is 0 Å². The molecule has 0 heterocycles. The van der Waals surface area contributed by atoms with Gasteiger partial charge in [-0.2, -0.15) is 4.21 Å². The molecule has 0 N–H and O–H groups in total. The van der Waals surface area contributed by atoms with Crippen LogP contribution >= 0.6 is 9.42 Å². The molecule has 0 radical (unpaired) electrons. The predicted octanol–water partition coefficient (Wildman–Crippen LogP) is 0.351. The molecule has 0 spiro atoms. The van der Waals surface area contributed by atoms with Crippen molar-refractivity contribution in [3.8, 4) is 0 Å². The molecule has 0 aromatic heterocycles. The van der Waals surface area contributed by atoms with Crippen LogP contribution in [0.3, 0.4) is 0 Å². The van der Waals surface area contributed by atoms with Gasteiger partial charge in [-0.3, -0.25) is 0 Å². The zero-order valence-corrected chi connectivity index (χ0v) is 5.36. The molecule has 29 valence electrons. The van der Waals surface area contributed by atoms with Crippen LogP contribution in [-0.4, -0.2) is 4.21 Å². The van der Waals surface area contributed by atoms with Crippen molar-refractivity contribution >= 4 is 22.0 Å². The first-order chi connectivity index (χ1) is 2.00. The Bertz CT molecular complexity index is 8.00. The Morgan fingerprint density at radius 3 is 1.50 bits per heavy atom. The predicted molar refractivity (Wildman–Crippen MR) is 14.0 cm³/mol. The van der Waals surface area contributed by atoms with Crippen molar-refractivity contribution < 1.29 is 23.0 Å². The molecule has 0 aliphatic heterocycles. The molecule has 4 heteroatoms. The molecule has 0 unspecified atom stereocenters. The molecule has 1 nitrogen and oxygen atoms in total. The van der Waals surface area contributed by atoms with Crippen LogP contribution < -0.4 is 0 Å². The van der Waals surface area contributed by atoms with E-state index in [9.17, 15) is 0 Å². The van der Waals surface area contributed by atoms with Gasteiger partial charge in [-0.25, -0.2) is 0 Å². The maximum absolute atomic E-state index is 7.83. The van der Waals surface area contributed by atoms with Crippen LogP contribution in [0.25, 0.3) is 0 Å². The molecule has 0 aromatic carbocycles. The Balaban J connectivity index is 0. The minimum absolute atomic E-state index is 1.61. The van der Waals surface area contributed by atoms with Gasteiger partial charge in [0.25, 0.3) is 0 Å². The molecule has 0 fully saturated rings. The summed E-state index contributed by atoms with van der Waals surface area (Å²) >= 11 is 4.44. The minimum atomic E-state index is 1.61. The van der Waals surface area contributed by atoms with Crippen LogP contribution in [0.1, 0.15) is 0 Å². The Kier molecular flexibility index (Phi) is 80.1. The van der Waals surface area contributed by atoms with Crippen LogP contribution in [0.15, 0.2) is 0 Å². The van der Waals surface area contributed by atoms with Gasteiger partial charge in [0.15, 0.2) is 12.5 Å². The summed E-state index contributed by atoms with van der Waals surface area (Å²) in [4.78, 5) is 0. The van der Waals surface area contributed by atoms with E-state index in [1.165, 1.54) is 0 Å². The second kappa shape index (κ2) is 36.1. The van der Waals surface area contributed by atoms with Crippen LogP contribution in [0.4, 0.5) is 0 Å². The molecule has 0 amide bonds. The summed E-state index contributed by atoms with van der Waals surface area (Å²) in [6, 6.07) is 0. The van der Waals surface area contributed by atoms with Crippen molar-refractivity contribution in [1.29, 1.82) is 0 Å². The van der Waals surface area contributed by atoms with E-state index < -0.39 is 0 Å². The third-order valence-electron chi connectivity index (χ3n) is 0. The summed E-state index contributed by atoms with van der Waals surface area (Å²) in [6.07, 6.45) is 0. The molecule has 0 atom stereocenters. The fraction of sp³-hybridized carbons (Fsp3) is 0. The van der Waals surface area contributed by atoms with Crippen molar-refractivity contribution in [2.24, 2.45) is 0 Å². The third kappa shape index (κ3) is 12.0. The average molecular weight is 279 g/mol. The van der Waals surface area contributed by atoms with Crippen LogP contribution in [0.5, 0.6) is 0 Å². The molecule has 0 aliphatic carbocycles. The average Bonchev–Trinajstić information content (AvgIpc) is 1.50. The quantitative estimate of drug-likeness (QED) is 0.636. The number of halogens is 1. The van der Waals surface area contributed by atoms with Crippen LogP contribution in [0.2, 0.25) is 0 Å². The molecule has 0 saturated heterocycles. The van der Waals surface area contributed by atoms with E-state index >= 15 is 0 Å². The van der Waals surface area contributed by atoms with E-state index in [2.05, 4.69) is 22.0 Å². The third-order valence-corrected chi connectivity index (χ3v) is 0. The van der Waals surface area contributed by atoms with E-state index in [1.807, 2.05) is 0 Å². The molecule has 4 heavy (non-hydrogen) atoms. The standard InChI is InChI=1S/ClH.OS.Pt/c;1-2;/h1H;;/q;;+1/p-1. The van der Waals surface area contributed by atoms with Gasteiger partial charge < -0.3 is 0 Å².